The first kappa shape index (κ1) is 13.7. The third-order valence-corrected chi connectivity index (χ3v) is 2.32. The number of rotatable bonds is 9. The van der Waals surface area contributed by atoms with E-state index in [-0.39, 0.29) is 5.24 Å². The molecule has 0 saturated heterocycles. The molecule has 0 radical (unpaired) electrons. The van der Waals surface area contributed by atoms with Gasteiger partial charge in [0, 0.05) is 6.42 Å². The van der Waals surface area contributed by atoms with Gasteiger partial charge in [0.2, 0.25) is 5.24 Å². The third-order valence-electron chi connectivity index (χ3n) is 2.14. The van der Waals surface area contributed by atoms with Crippen LogP contribution in [-0.2, 0) is 4.79 Å². The summed E-state index contributed by atoms with van der Waals surface area (Å²) in [6.07, 6.45) is 13.2. The van der Waals surface area contributed by atoms with Crippen molar-refractivity contribution in [1.82, 2.24) is 0 Å². The van der Waals surface area contributed by atoms with Crippen LogP contribution in [0.4, 0.5) is 0 Å². The van der Waals surface area contributed by atoms with Gasteiger partial charge >= 0.3 is 0 Å². The van der Waals surface area contributed by atoms with Gasteiger partial charge in [-0.15, -0.1) is 0 Å². The lowest BCUT2D eigenvalue weighted by Crippen LogP contribution is -1.84. The third kappa shape index (κ3) is 11.7. The fraction of sp³-hybridized carbons (Fsp3) is 0.750. The zero-order valence-corrected chi connectivity index (χ0v) is 9.85. The summed E-state index contributed by atoms with van der Waals surface area (Å²) >= 11 is 5.22. The molecule has 82 valence electrons. The van der Waals surface area contributed by atoms with E-state index in [4.69, 9.17) is 11.6 Å². The summed E-state index contributed by atoms with van der Waals surface area (Å²) in [5, 5.41) is -0.211. The highest BCUT2D eigenvalue weighted by Crippen LogP contribution is 2.05. The van der Waals surface area contributed by atoms with Crippen LogP contribution < -0.4 is 0 Å². The first-order valence-electron chi connectivity index (χ1n) is 5.60. The van der Waals surface area contributed by atoms with Gasteiger partial charge in [-0.2, -0.15) is 0 Å². The first-order valence-corrected chi connectivity index (χ1v) is 5.98. The molecule has 0 aromatic rings. The molecule has 1 nitrogen and oxygen atoms in total. The maximum atomic E-state index is 10.4. The molecule has 0 spiro atoms. The summed E-state index contributed by atoms with van der Waals surface area (Å²) in [5.41, 5.74) is 0. The van der Waals surface area contributed by atoms with Crippen molar-refractivity contribution in [3.63, 3.8) is 0 Å². The zero-order valence-electron chi connectivity index (χ0n) is 9.10. The van der Waals surface area contributed by atoms with Gasteiger partial charge in [0.15, 0.2) is 0 Å². The monoisotopic (exact) mass is 216 g/mol. The van der Waals surface area contributed by atoms with Crippen molar-refractivity contribution in [2.24, 2.45) is 0 Å². The van der Waals surface area contributed by atoms with E-state index >= 15 is 0 Å². The molecule has 2 heteroatoms. The predicted molar refractivity (Wildman–Crippen MR) is 62.6 cm³/mol. The predicted octanol–water partition coefficient (Wildman–Crippen LogP) is 4.45. The average molecular weight is 217 g/mol. The molecule has 0 unspecified atom stereocenters. The molecule has 0 aliphatic carbocycles. The second kappa shape index (κ2) is 10.8. The highest BCUT2D eigenvalue weighted by Gasteiger charge is 1.93. The minimum absolute atomic E-state index is 0.211. The van der Waals surface area contributed by atoms with Gasteiger partial charge < -0.3 is 0 Å². The molecule has 0 heterocycles. The minimum atomic E-state index is -0.211. The zero-order chi connectivity index (χ0) is 10.6. The molecule has 14 heavy (non-hydrogen) atoms. The van der Waals surface area contributed by atoms with E-state index in [1.54, 1.807) is 0 Å². The second-order valence-electron chi connectivity index (χ2n) is 3.57. The van der Waals surface area contributed by atoms with Crippen molar-refractivity contribution in [2.45, 2.75) is 58.3 Å². The number of allylic oxidation sites excluding steroid dienone is 2. The van der Waals surface area contributed by atoms with Gasteiger partial charge in [0.25, 0.3) is 0 Å². The average Bonchev–Trinajstić information content (AvgIpc) is 2.15. The smallest absolute Gasteiger partial charge is 0.221 e. The molecular formula is C12H21ClO. The number of hydrogen-bond donors (Lipinski definition) is 0. The Morgan fingerprint density at radius 2 is 1.64 bits per heavy atom. The van der Waals surface area contributed by atoms with Crippen LogP contribution >= 0.6 is 11.6 Å². The molecule has 0 aromatic heterocycles. The van der Waals surface area contributed by atoms with E-state index in [2.05, 4.69) is 19.1 Å². The molecule has 0 aromatic carbocycles. The fourth-order valence-corrected chi connectivity index (χ4v) is 1.41. The summed E-state index contributed by atoms with van der Waals surface area (Å²) in [6.45, 7) is 2.22. The van der Waals surface area contributed by atoms with Crippen molar-refractivity contribution in [2.75, 3.05) is 0 Å². The second-order valence-corrected chi connectivity index (χ2v) is 3.99. The molecule has 0 aliphatic heterocycles. The largest absolute Gasteiger partial charge is 0.281 e. The van der Waals surface area contributed by atoms with Gasteiger partial charge in [0.05, 0.1) is 0 Å². The molecular weight excluding hydrogens is 196 g/mol. The standard InChI is InChI=1S/C12H21ClO/c1-2-3-4-5-6-7-8-9-10-11-12(13)14/h6-7H,2-5,8-11H2,1H3. The van der Waals surface area contributed by atoms with Gasteiger partial charge in [0.1, 0.15) is 0 Å². The van der Waals surface area contributed by atoms with Crippen LogP contribution in [0.15, 0.2) is 12.2 Å². The van der Waals surface area contributed by atoms with Crippen molar-refractivity contribution < 1.29 is 4.79 Å². The summed E-state index contributed by atoms with van der Waals surface area (Å²) in [4.78, 5) is 10.4. The minimum Gasteiger partial charge on any atom is -0.281 e. The number of halogens is 1. The molecule has 0 aliphatic rings. The van der Waals surface area contributed by atoms with Crippen LogP contribution in [0, 0.1) is 0 Å². The molecule has 0 atom stereocenters. The Hall–Kier alpha value is -0.300. The Bertz CT molecular complexity index is 164. The fourth-order valence-electron chi connectivity index (χ4n) is 1.27. The van der Waals surface area contributed by atoms with E-state index in [0.29, 0.717) is 6.42 Å². The van der Waals surface area contributed by atoms with Crippen LogP contribution in [0.2, 0.25) is 0 Å². The Kier molecular flexibility index (Phi) is 10.5. The van der Waals surface area contributed by atoms with Crippen LogP contribution in [0.5, 0.6) is 0 Å². The first-order chi connectivity index (χ1) is 6.77. The van der Waals surface area contributed by atoms with Crippen LogP contribution in [0.1, 0.15) is 58.3 Å². The van der Waals surface area contributed by atoms with Crippen LogP contribution in [-0.4, -0.2) is 5.24 Å². The molecule has 0 bridgehead atoms. The Balaban J connectivity index is 3.07. The van der Waals surface area contributed by atoms with Crippen molar-refractivity contribution in [3.8, 4) is 0 Å². The number of carbonyl (C=O) groups is 1. The van der Waals surface area contributed by atoms with E-state index in [1.807, 2.05) is 0 Å². The quantitative estimate of drug-likeness (QED) is 0.316. The lowest BCUT2D eigenvalue weighted by Gasteiger charge is -1.94. The highest BCUT2D eigenvalue weighted by atomic mass is 35.5. The van der Waals surface area contributed by atoms with Gasteiger partial charge in [-0.1, -0.05) is 31.9 Å². The Labute approximate surface area is 92.5 Å². The molecule has 0 amide bonds. The molecule has 0 fully saturated rings. The lowest BCUT2D eigenvalue weighted by molar-refractivity contribution is -0.111. The Morgan fingerprint density at radius 3 is 2.14 bits per heavy atom. The molecule has 0 N–H and O–H groups in total. The van der Waals surface area contributed by atoms with Crippen LogP contribution in [0.25, 0.3) is 0 Å². The maximum Gasteiger partial charge on any atom is 0.221 e. The topological polar surface area (TPSA) is 17.1 Å². The van der Waals surface area contributed by atoms with Gasteiger partial charge in [-0.3, -0.25) is 4.79 Å². The van der Waals surface area contributed by atoms with E-state index < -0.39 is 0 Å². The van der Waals surface area contributed by atoms with Gasteiger partial charge in [-0.05, 0) is 43.7 Å². The van der Waals surface area contributed by atoms with Crippen molar-refractivity contribution in [1.29, 1.82) is 0 Å². The maximum absolute atomic E-state index is 10.4. The van der Waals surface area contributed by atoms with E-state index in [1.165, 1.54) is 25.7 Å². The lowest BCUT2D eigenvalue weighted by atomic mass is 10.1. The van der Waals surface area contributed by atoms with Crippen LogP contribution in [0.3, 0.4) is 0 Å². The summed E-state index contributed by atoms with van der Waals surface area (Å²) in [5.74, 6) is 0. The highest BCUT2D eigenvalue weighted by molar-refractivity contribution is 6.63. The van der Waals surface area contributed by atoms with E-state index in [0.717, 1.165) is 19.3 Å². The number of unbranched alkanes of at least 4 members (excludes halogenated alkanes) is 5. The van der Waals surface area contributed by atoms with Gasteiger partial charge in [-0.25, -0.2) is 0 Å². The molecule has 0 saturated carbocycles. The molecule has 0 rings (SSSR count). The summed E-state index contributed by atoms with van der Waals surface area (Å²) in [6, 6.07) is 0. The van der Waals surface area contributed by atoms with Crippen molar-refractivity contribution >= 4 is 16.8 Å². The summed E-state index contributed by atoms with van der Waals surface area (Å²) < 4.78 is 0. The van der Waals surface area contributed by atoms with Crippen molar-refractivity contribution in [3.05, 3.63) is 12.2 Å². The normalized spacial score (nSPS) is 11.0. The SMILES string of the molecule is CCCCCC=CCCCCC(=O)Cl. The number of hydrogen-bond acceptors (Lipinski definition) is 1. The summed E-state index contributed by atoms with van der Waals surface area (Å²) in [7, 11) is 0. The number of carbonyl (C=O) groups excluding carboxylic acids is 1. The Morgan fingerprint density at radius 1 is 1.07 bits per heavy atom. The van der Waals surface area contributed by atoms with E-state index in [9.17, 15) is 4.79 Å².